The number of para-hydroxylation sites is 1. The highest BCUT2D eigenvalue weighted by atomic mass is 127. The van der Waals surface area contributed by atoms with Gasteiger partial charge in [0.1, 0.15) is 18.5 Å². The maximum Gasteiger partial charge on any atom is 0.419 e. The van der Waals surface area contributed by atoms with E-state index in [0.717, 1.165) is 11.6 Å². The lowest BCUT2D eigenvalue weighted by Gasteiger charge is -2.34. The summed E-state index contributed by atoms with van der Waals surface area (Å²) < 4.78 is 52.0. The fraction of sp³-hybridized carbons (Fsp3) is 0.474. The molecule has 1 saturated heterocycles. The Morgan fingerprint density at radius 2 is 2.13 bits per heavy atom. The topological polar surface area (TPSA) is 63.9 Å². The Morgan fingerprint density at radius 1 is 1.37 bits per heavy atom. The number of ether oxygens (including phenoxy) is 2. The molecule has 1 atom stereocenters. The van der Waals surface area contributed by atoms with Gasteiger partial charge < -0.3 is 19.7 Å². The Hall–Kier alpha value is -2.02. The summed E-state index contributed by atoms with van der Waals surface area (Å²) in [6.07, 6.45) is -0.882. The van der Waals surface area contributed by atoms with Gasteiger partial charge in [-0.3, -0.25) is 9.67 Å². The van der Waals surface area contributed by atoms with Crippen molar-refractivity contribution >= 4 is 29.9 Å². The van der Waals surface area contributed by atoms with Gasteiger partial charge in [-0.15, -0.1) is 24.0 Å². The lowest BCUT2D eigenvalue weighted by Crippen LogP contribution is -2.48. The molecule has 0 amide bonds. The minimum atomic E-state index is -4.45. The standard InChI is InChI=1S/C19H24F3N5O2.HI/c1-23-18(27-8-10-29-17(13-27)14-11-25-26(2)12-14)24-7-9-28-16-6-4-3-5-15(16)19(20,21)22;/h3-6,11-12,17H,7-10,13H2,1-2H3,(H,23,24);1H. The smallest absolute Gasteiger partial charge is 0.419 e. The minimum absolute atomic E-state index is 0. The summed E-state index contributed by atoms with van der Waals surface area (Å²) in [6, 6.07) is 5.18. The van der Waals surface area contributed by atoms with Gasteiger partial charge in [-0.25, -0.2) is 0 Å². The number of aromatic nitrogens is 2. The fourth-order valence-electron chi connectivity index (χ4n) is 3.13. The van der Waals surface area contributed by atoms with Crippen molar-refractivity contribution in [1.29, 1.82) is 0 Å². The molecule has 1 aromatic carbocycles. The van der Waals surface area contributed by atoms with Gasteiger partial charge in [-0.2, -0.15) is 18.3 Å². The molecular weight excluding hydrogens is 514 g/mol. The largest absolute Gasteiger partial charge is 0.491 e. The molecule has 0 bridgehead atoms. The molecule has 2 aromatic rings. The van der Waals surface area contributed by atoms with Crippen molar-refractivity contribution in [1.82, 2.24) is 20.0 Å². The molecule has 7 nitrogen and oxygen atoms in total. The fourth-order valence-corrected chi connectivity index (χ4v) is 3.13. The predicted octanol–water partition coefficient (Wildman–Crippen LogP) is 3.08. The van der Waals surface area contributed by atoms with Crippen molar-refractivity contribution in [2.75, 3.05) is 39.9 Å². The van der Waals surface area contributed by atoms with Crippen LogP contribution in [0.3, 0.4) is 0 Å². The monoisotopic (exact) mass is 539 g/mol. The molecule has 1 fully saturated rings. The van der Waals surface area contributed by atoms with Crippen molar-refractivity contribution in [3.63, 3.8) is 0 Å². The van der Waals surface area contributed by atoms with Crippen molar-refractivity contribution in [2.24, 2.45) is 12.0 Å². The van der Waals surface area contributed by atoms with Crippen LogP contribution in [-0.2, 0) is 18.0 Å². The number of aliphatic imine (C=N–C) groups is 1. The molecule has 3 rings (SSSR count). The zero-order valence-corrected chi connectivity index (χ0v) is 19.1. The summed E-state index contributed by atoms with van der Waals surface area (Å²) in [4.78, 5) is 6.31. The molecule has 2 heterocycles. The molecule has 1 aliphatic rings. The summed E-state index contributed by atoms with van der Waals surface area (Å²) >= 11 is 0. The van der Waals surface area contributed by atoms with E-state index in [1.165, 1.54) is 18.2 Å². The van der Waals surface area contributed by atoms with Gasteiger partial charge in [0.25, 0.3) is 0 Å². The summed E-state index contributed by atoms with van der Waals surface area (Å²) in [5, 5.41) is 7.31. The Kier molecular flexibility index (Phi) is 8.77. The minimum Gasteiger partial charge on any atom is -0.491 e. The summed E-state index contributed by atoms with van der Waals surface area (Å²) in [5.41, 5.74) is 0.205. The van der Waals surface area contributed by atoms with Crippen LogP contribution in [0.5, 0.6) is 5.75 Å². The molecule has 0 radical (unpaired) electrons. The second-order valence-electron chi connectivity index (χ2n) is 6.57. The van der Waals surface area contributed by atoms with Gasteiger partial charge in [-0.1, -0.05) is 12.1 Å². The van der Waals surface area contributed by atoms with E-state index in [4.69, 9.17) is 9.47 Å². The van der Waals surface area contributed by atoms with E-state index < -0.39 is 11.7 Å². The van der Waals surface area contributed by atoms with Crippen LogP contribution in [0.1, 0.15) is 17.2 Å². The van der Waals surface area contributed by atoms with Gasteiger partial charge in [-0.05, 0) is 12.1 Å². The number of rotatable bonds is 5. The van der Waals surface area contributed by atoms with Crippen LogP contribution in [-0.4, -0.2) is 60.5 Å². The second kappa shape index (κ2) is 10.8. The van der Waals surface area contributed by atoms with E-state index in [1.807, 2.05) is 18.1 Å². The number of benzene rings is 1. The molecule has 1 aliphatic heterocycles. The Labute approximate surface area is 190 Å². The molecule has 1 N–H and O–H groups in total. The molecule has 1 aromatic heterocycles. The van der Waals surface area contributed by atoms with Crippen LogP contribution in [0.4, 0.5) is 13.2 Å². The van der Waals surface area contributed by atoms with E-state index in [1.54, 1.807) is 17.9 Å². The molecule has 0 spiro atoms. The maximum absolute atomic E-state index is 13.0. The first-order valence-corrected chi connectivity index (χ1v) is 9.23. The normalized spacial score (nSPS) is 17.4. The van der Waals surface area contributed by atoms with Crippen LogP contribution < -0.4 is 10.1 Å². The van der Waals surface area contributed by atoms with Crippen molar-refractivity contribution in [2.45, 2.75) is 12.3 Å². The van der Waals surface area contributed by atoms with Gasteiger partial charge >= 0.3 is 6.18 Å². The van der Waals surface area contributed by atoms with E-state index in [9.17, 15) is 13.2 Å². The third-order valence-corrected chi connectivity index (χ3v) is 4.51. The highest BCUT2D eigenvalue weighted by Gasteiger charge is 2.34. The summed E-state index contributed by atoms with van der Waals surface area (Å²) in [7, 11) is 3.51. The maximum atomic E-state index is 13.0. The average molecular weight is 539 g/mol. The van der Waals surface area contributed by atoms with Gasteiger partial charge in [0.05, 0.1) is 31.5 Å². The van der Waals surface area contributed by atoms with E-state index in [-0.39, 0.29) is 42.4 Å². The van der Waals surface area contributed by atoms with Crippen LogP contribution in [0.25, 0.3) is 0 Å². The number of hydrogen-bond donors (Lipinski definition) is 1. The van der Waals surface area contributed by atoms with Crippen LogP contribution in [0, 0.1) is 0 Å². The number of nitrogens with zero attached hydrogens (tertiary/aromatic N) is 4. The Morgan fingerprint density at radius 3 is 2.80 bits per heavy atom. The molecule has 0 aliphatic carbocycles. The van der Waals surface area contributed by atoms with Crippen molar-refractivity contribution in [3.8, 4) is 5.75 Å². The summed E-state index contributed by atoms with van der Waals surface area (Å²) in [5.74, 6) is 0.467. The second-order valence-corrected chi connectivity index (χ2v) is 6.57. The van der Waals surface area contributed by atoms with E-state index >= 15 is 0 Å². The number of alkyl halides is 3. The molecule has 166 valence electrons. The van der Waals surface area contributed by atoms with E-state index in [0.29, 0.717) is 32.2 Å². The van der Waals surface area contributed by atoms with Crippen molar-refractivity contribution in [3.05, 3.63) is 47.8 Å². The van der Waals surface area contributed by atoms with Gasteiger partial charge in [0.15, 0.2) is 5.96 Å². The third kappa shape index (κ3) is 6.24. The number of nitrogens with one attached hydrogen (secondary N) is 1. The van der Waals surface area contributed by atoms with Crippen molar-refractivity contribution < 1.29 is 22.6 Å². The van der Waals surface area contributed by atoms with Gasteiger partial charge in [0, 0.05) is 32.4 Å². The quantitative estimate of drug-likeness (QED) is 0.274. The lowest BCUT2D eigenvalue weighted by atomic mass is 10.1. The molecule has 30 heavy (non-hydrogen) atoms. The summed E-state index contributed by atoms with van der Waals surface area (Å²) in [6.45, 7) is 2.18. The zero-order chi connectivity index (χ0) is 20.9. The zero-order valence-electron chi connectivity index (χ0n) is 16.7. The molecular formula is C19H25F3IN5O2. The third-order valence-electron chi connectivity index (χ3n) is 4.51. The van der Waals surface area contributed by atoms with Gasteiger partial charge in [0.2, 0.25) is 0 Å². The SMILES string of the molecule is CN=C(NCCOc1ccccc1C(F)(F)F)N1CCOC(c2cnn(C)c2)C1.I. The number of guanidine groups is 1. The molecule has 0 saturated carbocycles. The first kappa shape index (κ1) is 24.3. The van der Waals surface area contributed by atoms with Crippen LogP contribution in [0.15, 0.2) is 41.7 Å². The average Bonchev–Trinajstić information content (AvgIpc) is 3.14. The van der Waals surface area contributed by atoms with Crippen LogP contribution >= 0.6 is 24.0 Å². The Balaban J connectivity index is 0.00000320. The molecule has 1 unspecified atom stereocenters. The van der Waals surface area contributed by atoms with E-state index in [2.05, 4.69) is 15.4 Å². The lowest BCUT2D eigenvalue weighted by molar-refractivity contribution is -0.138. The number of aryl methyl sites for hydroxylation is 1. The number of hydrogen-bond acceptors (Lipinski definition) is 4. The Bertz CT molecular complexity index is 844. The first-order valence-electron chi connectivity index (χ1n) is 9.23. The predicted molar refractivity (Wildman–Crippen MR) is 117 cm³/mol. The first-order chi connectivity index (χ1) is 13.9. The molecule has 11 heteroatoms. The number of halogens is 4. The number of morpholine rings is 1. The highest BCUT2D eigenvalue weighted by molar-refractivity contribution is 14.0. The van der Waals surface area contributed by atoms with Crippen LogP contribution in [0.2, 0.25) is 0 Å². The highest BCUT2D eigenvalue weighted by Crippen LogP contribution is 2.35.